The van der Waals surface area contributed by atoms with E-state index >= 15 is 0 Å². The predicted octanol–water partition coefficient (Wildman–Crippen LogP) is 3.34. The van der Waals surface area contributed by atoms with Crippen LogP contribution in [0.3, 0.4) is 0 Å². The lowest BCUT2D eigenvalue weighted by Crippen LogP contribution is -2.38. The van der Waals surface area contributed by atoms with Crippen LogP contribution in [0.4, 0.5) is 9.93 Å². The minimum Gasteiger partial charge on any atom is -0.317 e. The van der Waals surface area contributed by atoms with Gasteiger partial charge in [-0.05, 0) is 33.6 Å². The lowest BCUT2D eigenvalue weighted by Gasteiger charge is -2.30. The number of hydrogen-bond acceptors (Lipinski definition) is 5. The van der Waals surface area contributed by atoms with Crippen molar-refractivity contribution in [1.82, 2.24) is 25.3 Å². The quantitative estimate of drug-likeness (QED) is 0.882. The van der Waals surface area contributed by atoms with E-state index in [2.05, 4.69) is 25.7 Å². The molecule has 8 heteroatoms. The summed E-state index contributed by atoms with van der Waals surface area (Å²) in [4.78, 5) is 14.7. The van der Waals surface area contributed by atoms with Crippen molar-refractivity contribution in [3.8, 4) is 0 Å². The smallest absolute Gasteiger partial charge is 0.317 e. The Hall–Kier alpha value is -1.96. The van der Waals surface area contributed by atoms with E-state index in [1.54, 1.807) is 0 Å². The van der Waals surface area contributed by atoms with Gasteiger partial charge in [0.1, 0.15) is 5.01 Å². The first kappa shape index (κ1) is 15.9. The van der Waals surface area contributed by atoms with Gasteiger partial charge in [0.2, 0.25) is 5.13 Å². The minimum atomic E-state index is -0.104. The van der Waals surface area contributed by atoms with E-state index in [-0.39, 0.29) is 12.1 Å². The van der Waals surface area contributed by atoms with Crippen LogP contribution < -0.4 is 5.32 Å². The second-order valence-corrected chi connectivity index (χ2v) is 7.14. The summed E-state index contributed by atoms with van der Waals surface area (Å²) in [6, 6.07) is -0.0432. The summed E-state index contributed by atoms with van der Waals surface area (Å²) in [5.41, 5.74) is 3.16. The number of H-pyrrole nitrogens is 1. The van der Waals surface area contributed by atoms with Crippen LogP contribution in [-0.4, -0.2) is 37.9 Å². The average molecular weight is 334 g/mol. The lowest BCUT2D eigenvalue weighted by molar-refractivity contribution is 0.189. The standard InChI is InChI=1S/C15H22N6OS/c1-9-13(10(2)18-17-9)12-7-5-4-6-8-21(12)15(22)16-14-20-19-11(3)23-14/h12H,4-8H2,1-3H3,(H,17,18)(H,16,20,22)/t12-/m0/s1. The maximum atomic E-state index is 12.8. The zero-order valence-electron chi connectivity index (χ0n) is 13.7. The van der Waals surface area contributed by atoms with Gasteiger partial charge in [0.05, 0.1) is 11.7 Å². The Morgan fingerprint density at radius 2 is 2.09 bits per heavy atom. The lowest BCUT2D eigenvalue weighted by atomic mass is 9.99. The molecule has 3 rings (SSSR count). The van der Waals surface area contributed by atoms with Crippen LogP contribution in [0.25, 0.3) is 0 Å². The number of aryl methyl sites for hydroxylation is 3. The number of anilines is 1. The highest BCUT2D eigenvalue weighted by atomic mass is 32.1. The second kappa shape index (κ2) is 6.66. The molecule has 0 saturated carbocycles. The van der Waals surface area contributed by atoms with Gasteiger partial charge in [0, 0.05) is 17.8 Å². The molecule has 0 radical (unpaired) electrons. The first-order valence-corrected chi connectivity index (χ1v) is 8.77. The molecule has 1 aliphatic heterocycles. The van der Waals surface area contributed by atoms with E-state index in [1.165, 1.54) is 11.3 Å². The number of aromatic nitrogens is 4. The fourth-order valence-corrected chi connectivity index (χ4v) is 3.79. The molecule has 0 aliphatic carbocycles. The van der Waals surface area contributed by atoms with E-state index in [0.29, 0.717) is 5.13 Å². The molecular formula is C15H22N6OS. The summed E-state index contributed by atoms with van der Waals surface area (Å²) in [5, 5.41) is 19.6. The number of hydrogen-bond donors (Lipinski definition) is 2. The highest BCUT2D eigenvalue weighted by molar-refractivity contribution is 7.15. The number of likely N-dealkylation sites (tertiary alicyclic amines) is 1. The molecule has 0 unspecified atom stereocenters. The van der Waals surface area contributed by atoms with Crippen molar-refractivity contribution in [2.24, 2.45) is 0 Å². The van der Waals surface area contributed by atoms with Gasteiger partial charge in [-0.3, -0.25) is 10.4 Å². The number of amides is 2. The van der Waals surface area contributed by atoms with Gasteiger partial charge in [-0.2, -0.15) is 5.10 Å². The first-order chi connectivity index (χ1) is 11.1. The van der Waals surface area contributed by atoms with Crippen LogP contribution in [0.1, 0.15) is 53.7 Å². The third kappa shape index (κ3) is 3.36. The van der Waals surface area contributed by atoms with Gasteiger partial charge < -0.3 is 4.90 Å². The molecule has 2 aromatic heterocycles. The van der Waals surface area contributed by atoms with Gasteiger partial charge >= 0.3 is 6.03 Å². The van der Waals surface area contributed by atoms with Crippen LogP contribution in [0.2, 0.25) is 0 Å². The topological polar surface area (TPSA) is 86.8 Å². The molecule has 1 atom stereocenters. The molecule has 0 aromatic carbocycles. The molecule has 7 nitrogen and oxygen atoms in total. The van der Waals surface area contributed by atoms with E-state index < -0.39 is 0 Å². The summed E-state index contributed by atoms with van der Waals surface area (Å²) >= 11 is 1.39. The third-order valence-electron chi connectivity index (χ3n) is 4.27. The Labute approximate surface area is 139 Å². The largest absolute Gasteiger partial charge is 0.324 e. The molecule has 0 bridgehead atoms. The highest BCUT2D eigenvalue weighted by Crippen LogP contribution is 2.33. The van der Waals surface area contributed by atoms with Crippen molar-refractivity contribution >= 4 is 22.5 Å². The van der Waals surface area contributed by atoms with Crippen LogP contribution in [0, 0.1) is 20.8 Å². The van der Waals surface area contributed by atoms with Gasteiger partial charge in [-0.1, -0.05) is 24.2 Å². The van der Waals surface area contributed by atoms with Gasteiger partial charge in [-0.15, -0.1) is 10.2 Å². The highest BCUT2D eigenvalue weighted by Gasteiger charge is 2.30. The molecule has 1 fully saturated rings. The number of urea groups is 1. The monoisotopic (exact) mass is 334 g/mol. The van der Waals surface area contributed by atoms with Crippen molar-refractivity contribution in [2.45, 2.75) is 52.5 Å². The molecule has 1 aliphatic rings. The van der Waals surface area contributed by atoms with Crippen molar-refractivity contribution in [1.29, 1.82) is 0 Å². The SMILES string of the molecule is Cc1nnc(NC(=O)N2CCCCC[C@H]2c2c(C)n[nH]c2C)s1. The Kier molecular flexibility index (Phi) is 4.61. The van der Waals surface area contributed by atoms with Crippen molar-refractivity contribution in [3.63, 3.8) is 0 Å². The van der Waals surface area contributed by atoms with E-state index in [0.717, 1.165) is 54.2 Å². The van der Waals surface area contributed by atoms with Crippen molar-refractivity contribution in [3.05, 3.63) is 22.0 Å². The van der Waals surface area contributed by atoms with Crippen molar-refractivity contribution in [2.75, 3.05) is 11.9 Å². The summed E-state index contributed by atoms with van der Waals surface area (Å²) < 4.78 is 0. The Morgan fingerprint density at radius 1 is 1.26 bits per heavy atom. The number of nitrogens with one attached hydrogen (secondary N) is 2. The summed E-state index contributed by atoms with van der Waals surface area (Å²) in [6.45, 7) is 6.64. The number of rotatable bonds is 2. The number of aromatic amines is 1. The molecule has 1 saturated heterocycles. The van der Waals surface area contributed by atoms with Crippen LogP contribution in [-0.2, 0) is 0 Å². The normalized spacial score (nSPS) is 18.7. The maximum Gasteiger partial charge on any atom is 0.324 e. The van der Waals surface area contributed by atoms with Gasteiger partial charge in [0.25, 0.3) is 0 Å². The molecule has 2 N–H and O–H groups in total. The molecule has 3 heterocycles. The number of nitrogens with zero attached hydrogens (tertiary/aromatic N) is 4. The van der Waals surface area contributed by atoms with Crippen molar-refractivity contribution < 1.29 is 4.79 Å². The summed E-state index contributed by atoms with van der Waals surface area (Å²) in [5.74, 6) is 0. The molecule has 23 heavy (non-hydrogen) atoms. The van der Waals surface area contributed by atoms with Crippen LogP contribution in [0.15, 0.2) is 0 Å². The maximum absolute atomic E-state index is 12.8. The number of carbonyl (C=O) groups excluding carboxylic acids is 1. The third-order valence-corrected chi connectivity index (χ3v) is 5.03. The minimum absolute atomic E-state index is 0.0604. The summed E-state index contributed by atoms with van der Waals surface area (Å²) in [7, 11) is 0. The van der Waals surface area contributed by atoms with Crippen LogP contribution in [0.5, 0.6) is 0 Å². The zero-order chi connectivity index (χ0) is 16.4. The first-order valence-electron chi connectivity index (χ1n) is 7.95. The molecule has 2 aromatic rings. The predicted molar refractivity (Wildman–Crippen MR) is 89.6 cm³/mol. The fourth-order valence-electron chi connectivity index (χ4n) is 3.21. The zero-order valence-corrected chi connectivity index (χ0v) is 14.5. The Bertz CT molecular complexity index is 674. The van der Waals surface area contributed by atoms with E-state index in [1.807, 2.05) is 25.7 Å². The Balaban J connectivity index is 1.85. The molecular weight excluding hydrogens is 312 g/mol. The van der Waals surface area contributed by atoms with E-state index in [9.17, 15) is 4.79 Å². The molecule has 0 spiro atoms. The van der Waals surface area contributed by atoms with Gasteiger partial charge in [-0.25, -0.2) is 4.79 Å². The fraction of sp³-hybridized carbons (Fsp3) is 0.600. The second-order valence-electron chi connectivity index (χ2n) is 5.96. The summed E-state index contributed by atoms with van der Waals surface area (Å²) in [6.07, 6.45) is 4.25. The average Bonchev–Trinajstić information content (AvgIpc) is 2.96. The van der Waals surface area contributed by atoms with Crippen LogP contribution >= 0.6 is 11.3 Å². The number of carbonyl (C=O) groups is 1. The van der Waals surface area contributed by atoms with Gasteiger partial charge in [0.15, 0.2) is 0 Å². The van der Waals surface area contributed by atoms with E-state index in [4.69, 9.17) is 0 Å². The Morgan fingerprint density at radius 3 is 2.74 bits per heavy atom. The molecule has 2 amide bonds. The molecule has 124 valence electrons.